The predicted octanol–water partition coefficient (Wildman–Crippen LogP) is 4.69. The van der Waals surface area contributed by atoms with Crippen LogP contribution < -0.4 is 0 Å². The molecule has 0 aromatic heterocycles. The van der Waals surface area contributed by atoms with Crippen LogP contribution in [0.15, 0.2) is 72.8 Å². The van der Waals surface area contributed by atoms with E-state index >= 15 is 0 Å². The van der Waals surface area contributed by atoms with E-state index in [0.717, 1.165) is 21.6 Å². The number of benzene rings is 3. The van der Waals surface area contributed by atoms with E-state index in [2.05, 4.69) is 0 Å². The number of carboxylic acids is 1. The first-order chi connectivity index (χ1) is 16.3. The zero-order valence-electron chi connectivity index (χ0n) is 18.4. The molecule has 6 nitrogen and oxygen atoms in total. The summed E-state index contributed by atoms with van der Waals surface area (Å²) in [7, 11) is 0. The maximum atomic E-state index is 12.5. The third kappa shape index (κ3) is 5.03. The molecule has 1 aliphatic rings. The van der Waals surface area contributed by atoms with E-state index in [4.69, 9.17) is 11.6 Å². The maximum Gasteiger partial charge on any atom is 0.309 e. The van der Waals surface area contributed by atoms with Crippen LogP contribution in [0.2, 0.25) is 5.02 Å². The van der Waals surface area contributed by atoms with Gasteiger partial charge in [-0.25, -0.2) is 0 Å². The van der Waals surface area contributed by atoms with Gasteiger partial charge < -0.3 is 10.2 Å². The lowest BCUT2D eigenvalue weighted by Crippen LogP contribution is -2.36. The zero-order valence-corrected chi connectivity index (χ0v) is 19.1. The van der Waals surface area contributed by atoms with E-state index in [1.807, 2.05) is 48.5 Å². The van der Waals surface area contributed by atoms with E-state index in [1.54, 1.807) is 24.3 Å². The highest BCUT2D eigenvalue weighted by molar-refractivity contribution is 6.30. The molecule has 0 radical (unpaired) electrons. The molecule has 174 valence electrons. The van der Waals surface area contributed by atoms with E-state index in [9.17, 15) is 24.6 Å². The minimum Gasteiger partial charge on any atom is -0.481 e. The number of aryl methyl sites for hydroxylation is 1. The number of aliphatic hydroxyl groups excluding tert-OH is 1. The second-order valence-electron chi connectivity index (χ2n) is 8.35. The van der Waals surface area contributed by atoms with Gasteiger partial charge in [0, 0.05) is 11.6 Å². The van der Waals surface area contributed by atoms with Gasteiger partial charge in [0.1, 0.15) is 0 Å². The fraction of sp³-hybridized carbons (Fsp3) is 0.222. The number of carboxylic acid groups (broad SMARTS) is 1. The van der Waals surface area contributed by atoms with Crippen LogP contribution in [-0.2, 0) is 11.2 Å². The molecule has 3 aromatic rings. The van der Waals surface area contributed by atoms with Crippen molar-refractivity contribution in [1.82, 2.24) is 4.90 Å². The van der Waals surface area contributed by atoms with Crippen molar-refractivity contribution in [3.8, 4) is 11.1 Å². The number of hydrogen-bond donors (Lipinski definition) is 2. The van der Waals surface area contributed by atoms with Gasteiger partial charge in [-0.1, -0.05) is 60.1 Å². The summed E-state index contributed by atoms with van der Waals surface area (Å²) in [5.74, 6) is -3.10. The first-order valence-electron chi connectivity index (χ1n) is 11.1. The Bertz CT molecular complexity index is 1170. The zero-order chi connectivity index (χ0) is 24.2. The van der Waals surface area contributed by atoms with Gasteiger partial charge in [0.25, 0.3) is 11.8 Å². The first-order valence-corrected chi connectivity index (χ1v) is 11.4. The van der Waals surface area contributed by atoms with E-state index in [0.29, 0.717) is 22.6 Å². The summed E-state index contributed by atoms with van der Waals surface area (Å²) in [5.41, 5.74) is 3.69. The van der Waals surface area contributed by atoms with Crippen molar-refractivity contribution in [3.63, 3.8) is 0 Å². The Balaban J connectivity index is 1.34. The summed E-state index contributed by atoms with van der Waals surface area (Å²) in [6.07, 6.45) is -0.376. The first kappa shape index (κ1) is 23.7. The predicted molar refractivity (Wildman–Crippen MR) is 129 cm³/mol. The smallest absolute Gasteiger partial charge is 0.309 e. The highest BCUT2D eigenvalue weighted by Crippen LogP contribution is 2.25. The number of carbonyl (C=O) groups excluding carboxylic acids is 2. The number of imide groups is 1. The standard InChI is InChI=1S/C27H24ClNO5/c28-20-12-10-19(11-13-20)18-8-5-17(6-9-18)7-14-24(30)23(27(33)34)15-16-29-25(31)21-3-1-2-4-22(21)26(29)32/h1-6,8-13,23-24,30H,7,14-16H2,(H,33,34)/t23-,24+/m1/s1. The van der Waals surface area contributed by atoms with Crippen LogP contribution in [0, 0.1) is 5.92 Å². The van der Waals surface area contributed by atoms with Crippen molar-refractivity contribution in [1.29, 1.82) is 0 Å². The van der Waals surface area contributed by atoms with Crippen LogP contribution in [0.4, 0.5) is 0 Å². The second kappa shape index (κ2) is 10.2. The molecule has 1 heterocycles. The maximum absolute atomic E-state index is 12.5. The minimum absolute atomic E-state index is 0.0164. The van der Waals surface area contributed by atoms with Crippen LogP contribution in [0.1, 0.15) is 39.1 Å². The topological polar surface area (TPSA) is 94.9 Å². The fourth-order valence-corrected chi connectivity index (χ4v) is 4.34. The van der Waals surface area contributed by atoms with Crippen LogP contribution in [-0.4, -0.2) is 45.5 Å². The monoisotopic (exact) mass is 477 g/mol. The summed E-state index contributed by atoms with van der Waals surface area (Å²) in [4.78, 5) is 37.9. The average molecular weight is 478 g/mol. The Morgan fingerprint density at radius 1 is 0.824 bits per heavy atom. The highest BCUT2D eigenvalue weighted by atomic mass is 35.5. The molecule has 4 rings (SSSR count). The van der Waals surface area contributed by atoms with Gasteiger partial charge in [-0.15, -0.1) is 0 Å². The number of carbonyl (C=O) groups is 3. The molecule has 0 saturated carbocycles. The molecule has 0 bridgehead atoms. The SMILES string of the molecule is O=C(O)[C@H](CCN1C(=O)c2ccccc2C1=O)[C@@H](O)CCc1ccc(-c2ccc(Cl)cc2)cc1. The lowest BCUT2D eigenvalue weighted by molar-refractivity contribution is -0.146. The minimum atomic E-state index is -1.15. The van der Waals surface area contributed by atoms with Crippen molar-refractivity contribution >= 4 is 29.4 Å². The fourth-order valence-electron chi connectivity index (χ4n) is 4.21. The van der Waals surface area contributed by atoms with Gasteiger partial charge in [0.2, 0.25) is 0 Å². The molecule has 1 aliphatic heterocycles. The lowest BCUT2D eigenvalue weighted by Gasteiger charge is -2.22. The molecular weight excluding hydrogens is 454 g/mol. The summed E-state index contributed by atoms with van der Waals surface area (Å²) >= 11 is 5.94. The van der Waals surface area contributed by atoms with E-state index < -0.39 is 29.8 Å². The normalized spacial score (nSPS) is 14.7. The van der Waals surface area contributed by atoms with Crippen molar-refractivity contribution < 1.29 is 24.6 Å². The molecule has 2 atom stereocenters. The average Bonchev–Trinajstić information content (AvgIpc) is 3.08. The van der Waals surface area contributed by atoms with Crippen LogP contribution >= 0.6 is 11.6 Å². The van der Waals surface area contributed by atoms with Gasteiger partial charge in [-0.05, 0) is 60.2 Å². The molecule has 2 N–H and O–H groups in total. The number of nitrogens with zero attached hydrogens (tertiary/aromatic N) is 1. The third-order valence-corrected chi connectivity index (χ3v) is 6.44. The van der Waals surface area contributed by atoms with Crippen molar-refractivity contribution in [2.75, 3.05) is 6.54 Å². The van der Waals surface area contributed by atoms with Gasteiger partial charge in [0.15, 0.2) is 0 Å². The number of rotatable bonds is 9. The number of hydrogen-bond acceptors (Lipinski definition) is 4. The largest absolute Gasteiger partial charge is 0.481 e. The van der Waals surface area contributed by atoms with Gasteiger partial charge in [-0.2, -0.15) is 0 Å². The molecule has 0 unspecified atom stereocenters. The van der Waals surface area contributed by atoms with Gasteiger partial charge in [0.05, 0.1) is 23.1 Å². The number of amides is 2. The number of halogens is 1. The molecule has 0 aliphatic carbocycles. The Labute approximate surface area is 202 Å². The molecule has 0 spiro atoms. The Hall–Kier alpha value is -3.48. The van der Waals surface area contributed by atoms with Crippen molar-refractivity contribution in [3.05, 3.63) is 94.5 Å². The Morgan fingerprint density at radius 3 is 1.88 bits per heavy atom. The van der Waals surface area contributed by atoms with Crippen molar-refractivity contribution in [2.45, 2.75) is 25.4 Å². The molecule has 2 amide bonds. The van der Waals surface area contributed by atoms with Crippen molar-refractivity contribution in [2.24, 2.45) is 5.92 Å². The van der Waals surface area contributed by atoms with E-state index in [1.165, 1.54) is 0 Å². The Morgan fingerprint density at radius 2 is 1.35 bits per heavy atom. The Kier molecular flexibility index (Phi) is 7.10. The quantitative estimate of drug-likeness (QED) is 0.436. The molecule has 7 heteroatoms. The number of fused-ring (bicyclic) bond motifs is 1. The summed E-state index contributed by atoms with van der Waals surface area (Å²) in [5, 5.41) is 20.9. The summed E-state index contributed by atoms with van der Waals surface area (Å²) in [6, 6.07) is 21.9. The number of aliphatic carboxylic acids is 1. The highest BCUT2D eigenvalue weighted by Gasteiger charge is 2.36. The molecule has 3 aromatic carbocycles. The van der Waals surface area contributed by atoms with E-state index in [-0.39, 0.29) is 19.4 Å². The third-order valence-electron chi connectivity index (χ3n) is 6.18. The summed E-state index contributed by atoms with van der Waals surface area (Å²) in [6.45, 7) is -0.0594. The van der Waals surface area contributed by atoms with Gasteiger partial charge >= 0.3 is 5.97 Å². The second-order valence-corrected chi connectivity index (χ2v) is 8.79. The van der Waals surface area contributed by atoms with Crippen LogP contribution in [0.5, 0.6) is 0 Å². The molecule has 0 saturated heterocycles. The lowest BCUT2D eigenvalue weighted by atomic mass is 9.93. The molecular formula is C27H24ClNO5. The summed E-state index contributed by atoms with van der Waals surface area (Å²) < 4.78 is 0. The molecule has 34 heavy (non-hydrogen) atoms. The number of aliphatic hydroxyl groups is 1. The van der Waals surface area contributed by atoms with Crippen LogP contribution in [0.3, 0.4) is 0 Å². The van der Waals surface area contributed by atoms with Gasteiger partial charge in [-0.3, -0.25) is 19.3 Å². The molecule has 0 fully saturated rings. The van der Waals surface area contributed by atoms with Crippen LogP contribution in [0.25, 0.3) is 11.1 Å².